The normalized spacial score (nSPS) is 13.3. The molecule has 1 aromatic carbocycles. The first kappa shape index (κ1) is 23.1. The average molecular weight is 379 g/mol. The molecule has 148 valence electrons. The van der Waals surface area contributed by atoms with Crippen molar-refractivity contribution in [3.63, 3.8) is 0 Å². The molecule has 2 nitrogen and oxygen atoms in total. The van der Waals surface area contributed by atoms with E-state index >= 15 is 0 Å². The Morgan fingerprint density at radius 3 is 2.35 bits per heavy atom. The van der Waals surface area contributed by atoms with Crippen LogP contribution in [0.15, 0.2) is 30.3 Å². The standard InChI is InChI=1S/C23H38O2S/c1-4-6-8-10-16-22(13-7-5-2)19-26-18-20(3)23(24)25-17-21-14-11-9-12-15-21/h9,11-12,14-15,20,22H,4-8,10,13,16-19H2,1-3H3. The molecule has 0 aliphatic carbocycles. The molecule has 26 heavy (non-hydrogen) atoms. The molecule has 0 saturated carbocycles. The van der Waals surface area contributed by atoms with Crippen molar-refractivity contribution < 1.29 is 9.53 Å². The number of esters is 1. The highest BCUT2D eigenvalue weighted by Gasteiger charge is 2.16. The predicted octanol–water partition coefficient (Wildman–Crippen LogP) is 6.88. The van der Waals surface area contributed by atoms with Gasteiger partial charge in [-0.15, -0.1) is 0 Å². The van der Waals surface area contributed by atoms with E-state index in [1.165, 1.54) is 57.1 Å². The fraction of sp³-hybridized carbons (Fsp3) is 0.696. The number of carbonyl (C=O) groups is 1. The van der Waals surface area contributed by atoms with Crippen molar-refractivity contribution in [3.8, 4) is 0 Å². The maximum Gasteiger partial charge on any atom is 0.309 e. The Hall–Kier alpha value is -0.960. The van der Waals surface area contributed by atoms with Gasteiger partial charge in [0.25, 0.3) is 0 Å². The van der Waals surface area contributed by atoms with Gasteiger partial charge in [0.1, 0.15) is 6.61 Å². The van der Waals surface area contributed by atoms with Crippen molar-refractivity contribution in [3.05, 3.63) is 35.9 Å². The number of hydrogen-bond acceptors (Lipinski definition) is 3. The van der Waals surface area contributed by atoms with Crippen LogP contribution in [-0.4, -0.2) is 17.5 Å². The van der Waals surface area contributed by atoms with Crippen LogP contribution in [-0.2, 0) is 16.1 Å². The first-order valence-corrected chi connectivity index (χ1v) is 11.6. The molecule has 0 amide bonds. The fourth-order valence-corrected chi connectivity index (χ4v) is 4.31. The first-order chi connectivity index (χ1) is 12.7. The van der Waals surface area contributed by atoms with E-state index in [0.29, 0.717) is 6.61 Å². The molecule has 0 N–H and O–H groups in total. The quantitative estimate of drug-likeness (QED) is 0.246. The van der Waals surface area contributed by atoms with Gasteiger partial charge >= 0.3 is 5.97 Å². The molecule has 0 saturated heterocycles. The minimum Gasteiger partial charge on any atom is -0.461 e. The number of ether oxygens (including phenoxy) is 1. The van der Waals surface area contributed by atoms with Gasteiger partial charge in [0.15, 0.2) is 0 Å². The lowest BCUT2D eigenvalue weighted by atomic mass is 9.97. The van der Waals surface area contributed by atoms with Crippen LogP contribution < -0.4 is 0 Å². The third kappa shape index (κ3) is 10.9. The zero-order valence-corrected chi connectivity index (χ0v) is 17.9. The summed E-state index contributed by atoms with van der Waals surface area (Å²) in [6, 6.07) is 9.90. The Labute approximate surface area is 165 Å². The predicted molar refractivity (Wildman–Crippen MR) is 115 cm³/mol. The van der Waals surface area contributed by atoms with Crippen molar-refractivity contribution in [2.75, 3.05) is 11.5 Å². The summed E-state index contributed by atoms with van der Waals surface area (Å²) in [5, 5.41) is 0. The van der Waals surface area contributed by atoms with Crippen LogP contribution in [0.2, 0.25) is 0 Å². The summed E-state index contributed by atoms with van der Waals surface area (Å²) < 4.78 is 5.45. The SMILES string of the molecule is CCCCCCC(CCCC)CSCC(C)C(=O)OCc1ccccc1. The maximum atomic E-state index is 12.2. The van der Waals surface area contributed by atoms with E-state index in [0.717, 1.165) is 17.2 Å². The highest BCUT2D eigenvalue weighted by atomic mass is 32.2. The number of thioether (sulfide) groups is 1. The van der Waals surface area contributed by atoms with E-state index in [1.807, 2.05) is 49.0 Å². The first-order valence-electron chi connectivity index (χ1n) is 10.5. The largest absolute Gasteiger partial charge is 0.461 e. The van der Waals surface area contributed by atoms with Crippen LogP contribution in [0.5, 0.6) is 0 Å². The molecular formula is C23H38O2S. The molecule has 0 heterocycles. The zero-order chi connectivity index (χ0) is 19.0. The number of unbranched alkanes of at least 4 members (excludes halogenated alkanes) is 4. The van der Waals surface area contributed by atoms with E-state index in [9.17, 15) is 4.79 Å². The molecular weight excluding hydrogens is 340 g/mol. The maximum absolute atomic E-state index is 12.2. The fourth-order valence-electron chi connectivity index (χ4n) is 3.01. The Balaban J connectivity index is 2.24. The Morgan fingerprint density at radius 1 is 0.962 bits per heavy atom. The van der Waals surface area contributed by atoms with Crippen LogP contribution in [0.4, 0.5) is 0 Å². The van der Waals surface area contributed by atoms with Gasteiger partial charge in [-0.05, 0) is 30.1 Å². The Bertz CT molecular complexity index is 461. The molecule has 2 atom stereocenters. The summed E-state index contributed by atoms with van der Waals surface area (Å²) in [5.74, 6) is 2.75. The molecule has 3 heteroatoms. The number of rotatable bonds is 15. The monoisotopic (exact) mass is 378 g/mol. The molecule has 1 aromatic rings. The smallest absolute Gasteiger partial charge is 0.309 e. The van der Waals surface area contributed by atoms with Crippen molar-refractivity contribution >= 4 is 17.7 Å². The van der Waals surface area contributed by atoms with Crippen molar-refractivity contribution in [2.45, 2.75) is 78.7 Å². The zero-order valence-electron chi connectivity index (χ0n) is 17.0. The van der Waals surface area contributed by atoms with Gasteiger partial charge in [-0.1, -0.05) is 89.6 Å². The second-order valence-corrected chi connectivity index (χ2v) is 8.46. The van der Waals surface area contributed by atoms with Crippen LogP contribution in [0.25, 0.3) is 0 Å². The van der Waals surface area contributed by atoms with Gasteiger partial charge in [-0.3, -0.25) is 4.79 Å². The summed E-state index contributed by atoms with van der Waals surface area (Å²) >= 11 is 1.93. The van der Waals surface area contributed by atoms with E-state index < -0.39 is 0 Å². The van der Waals surface area contributed by atoms with E-state index in [4.69, 9.17) is 4.74 Å². The van der Waals surface area contributed by atoms with Gasteiger partial charge in [0.05, 0.1) is 5.92 Å². The molecule has 1 rings (SSSR count). The second kappa shape index (κ2) is 15.1. The molecule has 0 radical (unpaired) electrons. The lowest BCUT2D eigenvalue weighted by Crippen LogP contribution is -2.17. The Kier molecular flexibility index (Phi) is 13.4. The van der Waals surface area contributed by atoms with E-state index in [2.05, 4.69) is 13.8 Å². The summed E-state index contributed by atoms with van der Waals surface area (Å²) in [7, 11) is 0. The van der Waals surface area contributed by atoms with Crippen LogP contribution >= 0.6 is 11.8 Å². The van der Waals surface area contributed by atoms with Gasteiger partial charge in [0, 0.05) is 5.75 Å². The average Bonchev–Trinajstić information content (AvgIpc) is 2.67. The molecule has 0 aliphatic heterocycles. The highest BCUT2D eigenvalue weighted by molar-refractivity contribution is 7.99. The van der Waals surface area contributed by atoms with Crippen LogP contribution in [0.1, 0.15) is 77.7 Å². The second-order valence-electron chi connectivity index (χ2n) is 7.39. The number of carbonyl (C=O) groups excluding carboxylic acids is 1. The third-order valence-corrected chi connectivity index (χ3v) is 6.22. The van der Waals surface area contributed by atoms with Crippen molar-refractivity contribution in [2.24, 2.45) is 11.8 Å². The summed E-state index contributed by atoms with van der Waals surface area (Å²) in [6.45, 7) is 6.91. The molecule has 2 unspecified atom stereocenters. The van der Waals surface area contributed by atoms with Crippen molar-refractivity contribution in [1.82, 2.24) is 0 Å². The van der Waals surface area contributed by atoms with Gasteiger partial charge < -0.3 is 4.74 Å². The van der Waals surface area contributed by atoms with E-state index in [1.54, 1.807) is 0 Å². The molecule has 0 aliphatic rings. The summed E-state index contributed by atoms with van der Waals surface area (Å²) in [4.78, 5) is 12.2. The van der Waals surface area contributed by atoms with Gasteiger partial charge in [-0.25, -0.2) is 0 Å². The molecule has 0 spiro atoms. The van der Waals surface area contributed by atoms with Gasteiger partial charge in [-0.2, -0.15) is 11.8 Å². The van der Waals surface area contributed by atoms with Crippen LogP contribution in [0.3, 0.4) is 0 Å². The topological polar surface area (TPSA) is 26.3 Å². The molecule has 0 bridgehead atoms. The van der Waals surface area contributed by atoms with Crippen molar-refractivity contribution in [1.29, 1.82) is 0 Å². The number of hydrogen-bond donors (Lipinski definition) is 0. The number of benzene rings is 1. The van der Waals surface area contributed by atoms with Gasteiger partial charge in [0.2, 0.25) is 0 Å². The highest BCUT2D eigenvalue weighted by Crippen LogP contribution is 2.23. The van der Waals surface area contributed by atoms with Crippen LogP contribution in [0, 0.1) is 11.8 Å². The lowest BCUT2D eigenvalue weighted by Gasteiger charge is -2.17. The minimum absolute atomic E-state index is 0.0318. The summed E-state index contributed by atoms with van der Waals surface area (Å²) in [5.41, 5.74) is 1.05. The molecule has 0 fully saturated rings. The Morgan fingerprint density at radius 2 is 1.65 bits per heavy atom. The minimum atomic E-state index is -0.0746. The molecule has 0 aromatic heterocycles. The third-order valence-electron chi connectivity index (χ3n) is 4.78. The van der Waals surface area contributed by atoms with E-state index in [-0.39, 0.29) is 11.9 Å². The lowest BCUT2D eigenvalue weighted by molar-refractivity contribution is -0.148. The summed E-state index contributed by atoms with van der Waals surface area (Å²) in [6.07, 6.45) is 10.7.